The van der Waals surface area contributed by atoms with Crippen LogP contribution in [0.4, 0.5) is 4.53 Å². The molecular weight excluding hydrogens is 187 g/mol. The first-order chi connectivity index (χ1) is 6.81. The lowest BCUT2D eigenvalue weighted by Crippen LogP contribution is -2.04. The summed E-state index contributed by atoms with van der Waals surface area (Å²) in [6, 6.07) is 6.33. The van der Waals surface area contributed by atoms with Crippen molar-refractivity contribution in [2.24, 2.45) is 0 Å². The second-order valence-electron chi connectivity index (χ2n) is 2.66. The summed E-state index contributed by atoms with van der Waals surface area (Å²) in [6.45, 7) is 2.09. The summed E-state index contributed by atoms with van der Waals surface area (Å²) in [7, 11) is 0. The van der Waals surface area contributed by atoms with E-state index in [1.807, 2.05) is 0 Å². The number of benzene rings is 1. The lowest BCUT2D eigenvalue weighted by Gasteiger charge is -2.11. The summed E-state index contributed by atoms with van der Waals surface area (Å²) in [5.41, 5.74) is 1.07. The third-order valence-corrected chi connectivity index (χ3v) is 1.74. The predicted octanol–water partition coefficient (Wildman–Crippen LogP) is 2.44. The normalized spacial score (nSPS) is 12.4. The van der Waals surface area contributed by atoms with Crippen LogP contribution in [0, 0.1) is 0 Å². The number of halogens is 1. The third kappa shape index (κ3) is 2.61. The van der Waals surface area contributed by atoms with Crippen molar-refractivity contribution in [3.63, 3.8) is 0 Å². The van der Waals surface area contributed by atoms with Crippen molar-refractivity contribution in [3.8, 4) is 0 Å². The van der Waals surface area contributed by atoms with Gasteiger partial charge in [-0.1, -0.05) is 24.3 Å². The fraction of sp³-hybridized carbons (Fsp3) is 0.300. The molecular formula is C10H11FO3. The Labute approximate surface area is 81.3 Å². The molecule has 0 aliphatic heterocycles. The first kappa shape index (κ1) is 10.8. The molecule has 0 spiro atoms. The number of ether oxygens (including phenoxy) is 1. The lowest BCUT2D eigenvalue weighted by atomic mass is 10.1. The Bertz CT molecular complexity index is 284. The molecule has 76 valence electrons. The van der Waals surface area contributed by atoms with E-state index >= 15 is 0 Å². The first-order valence-electron chi connectivity index (χ1n) is 4.26. The van der Waals surface area contributed by atoms with E-state index in [2.05, 4.69) is 4.94 Å². The van der Waals surface area contributed by atoms with E-state index < -0.39 is 6.29 Å². The van der Waals surface area contributed by atoms with E-state index in [-0.39, 0.29) is 0 Å². The largest absolute Gasteiger partial charge is 0.346 e. The molecule has 1 rings (SSSR count). The van der Waals surface area contributed by atoms with Gasteiger partial charge in [-0.05, 0) is 11.4 Å². The van der Waals surface area contributed by atoms with Crippen molar-refractivity contribution in [1.82, 2.24) is 0 Å². The topological polar surface area (TPSA) is 35.5 Å². The maximum absolute atomic E-state index is 12.0. The number of rotatable bonds is 5. The van der Waals surface area contributed by atoms with E-state index in [0.717, 1.165) is 6.29 Å². The second kappa shape index (κ2) is 5.47. The molecule has 0 aromatic heterocycles. The molecule has 0 radical (unpaired) electrons. The second-order valence-corrected chi connectivity index (χ2v) is 2.66. The maximum Gasteiger partial charge on any atom is 0.222 e. The van der Waals surface area contributed by atoms with E-state index in [1.165, 1.54) is 0 Å². The smallest absolute Gasteiger partial charge is 0.222 e. The molecule has 0 fully saturated rings. The van der Waals surface area contributed by atoms with E-state index in [0.29, 0.717) is 17.7 Å². The maximum atomic E-state index is 12.0. The minimum absolute atomic E-state index is 0.351. The van der Waals surface area contributed by atoms with Gasteiger partial charge in [-0.15, -0.1) is 0 Å². The molecule has 0 amide bonds. The molecule has 4 heteroatoms. The number of carbonyl (C=O) groups excluding carboxylic acids is 1. The number of aldehydes is 1. The number of hydrogen-bond acceptors (Lipinski definition) is 3. The molecule has 1 aromatic rings. The van der Waals surface area contributed by atoms with Gasteiger partial charge in [0, 0.05) is 17.7 Å². The predicted molar refractivity (Wildman–Crippen MR) is 48.4 cm³/mol. The van der Waals surface area contributed by atoms with Crippen molar-refractivity contribution >= 4 is 6.29 Å². The highest BCUT2D eigenvalue weighted by molar-refractivity contribution is 5.74. The summed E-state index contributed by atoms with van der Waals surface area (Å²) < 4.78 is 17.0. The van der Waals surface area contributed by atoms with Gasteiger partial charge in [-0.3, -0.25) is 4.79 Å². The zero-order valence-electron chi connectivity index (χ0n) is 7.77. The summed E-state index contributed by atoms with van der Waals surface area (Å²) in [5.74, 6) is 0. The van der Waals surface area contributed by atoms with Gasteiger partial charge >= 0.3 is 0 Å². The van der Waals surface area contributed by atoms with E-state index in [9.17, 15) is 9.32 Å². The van der Waals surface area contributed by atoms with Gasteiger partial charge in [-0.2, -0.15) is 4.94 Å². The van der Waals surface area contributed by atoms with Gasteiger partial charge in [-0.25, -0.2) is 0 Å². The molecule has 1 aromatic carbocycles. The molecule has 14 heavy (non-hydrogen) atoms. The highest BCUT2D eigenvalue weighted by atomic mass is 19.3. The molecule has 3 nitrogen and oxygen atoms in total. The van der Waals surface area contributed by atoms with Crippen LogP contribution < -0.4 is 0 Å². The Hall–Kier alpha value is -1.26. The lowest BCUT2D eigenvalue weighted by molar-refractivity contribution is -0.278. The van der Waals surface area contributed by atoms with Crippen molar-refractivity contribution in [2.45, 2.75) is 13.2 Å². The number of hydrogen-bond donors (Lipinski definition) is 0. The highest BCUT2D eigenvalue weighted by Crippen LogP contribution is 2.19. The van der Waals surface area contributed by atoms with Gasteiger partial charge in [0.05, 0.1) is 0 Å². The zero-order chi connectivity index (χ0) is 10.4. The van der Waals surface area contributed by atoms with Crippen molar-refractivity contribution in [1.29, 1.82) is 0 Å². The molecule has 0 bridgehead atoms. The fourth-order valence-electron chi connectivity index (χ4n) is 1.06. The van der Waals surface area contributed by atoms with Crippen LogP contribution in [-0.2, 0) is 9.68 Å². The highest BCUT2D eigenvalue weighted by Gasteiger charge is 2.11. The van der Waals surface area contributed by atoms with Crippen molar-refractivity contribution < 1.29 is 19.0 Å². The number of carbonyl (C=O) groups is 1. The average molecular weight is 198 g/mol. The minimum Gasteiger partial charge on any atom is -0.346 e. The molecule has 0 heterocycles. The molecule has 1 atom stereocenters. The summed E-state index contributed by atoms with van der Waals surface area (Å²) >= 11 is 0. The molecule has 1 unspecified atom stereocenters. The van der Waals surface area contributed by atoms with Gasteiger partial charge in [0.15, 0.2) is 0 Å². The first-order valence-corrected chi connectivity index (χ1v) is 4.26. The van der Waals surface area contributed by atoms with Crippen LogP contribution in [0.15, 0.2) is 24.3 Å². The quantitative estimate of drug-likeness (QED) is 0.538. The average Bonchev–Trinajstić information content (AvgIpc) is 2.26. The van der Waals surface area contributed by atoms with Crippen LogP contribution in [0.1, 0.15) is 29.1 Å². The Balaban J connectivity index is 2.77. The Kier molecular flexibility index (Phi) is 4.22. The SMILES string of the molecule is CCOC(OF)c1ccc(C=O)cc1. The van der Waals surface area contributed by atoms with Gasteiger partial charge in [0.2, 0.25) is 6.29 Å². The van der Waals surface area contributed by atoms with E-state index in [1.54, 1.807) is 31.2 Å². The van der Waals surface area contributed by atoms with Gasteiger partial charge in [0.1, 0.15) is 6.29 Å². The molecule has 0 aliphatic carbocycles. The standard InChI is InChI=1S/C10H11FO3/c1-2-13-10(14-11)9-5-3-8(7-12)4-6-9/h3-7,10H,2H2,1H3. The summed E-state index contributed by atoms with van der Waals surface area (Å²) in [4.78, 5) is 14.0. The Morgan fingerprint density at radius 1 is 1.43 bits per heavy atom. The van der Waals surface area contributed by atoms with Crippen LogP contribution in [0.2, 0.25) is 0 Å². The van der Waals surface area contributed by atoms with Gasteiger partial charge < -0.3 is 4.74 Å². The minimum atomic E-state index is -1.01. The third-order valence-electron chi connectivity index (χ3n) is 1.74. The molecule has 0 saturated carbocycles. The summed E-state index contributed by atoms with van der Waals surface area (Å²) in [6.07, 6.45) is -0.295. The van der Waals surface area contributed by atoms with Crippen LogP contribution in [-0.4, -0.2) is 12.9 Å². The van der Waals surface area contributed by atoms with Crippen LogP contribution >= 0.6 is 0 Å². The van der Waals surface area contributed by atoms with Crippen LogP contribution in [0.5, 0.6) is 0 Å². The van der Waals surface area contributed by atoms with Crippen LogP contribution in [0.25, 0.3) is 0 Å². The monoisotopic (exact) mass is 198 g/mol. The summed E-state index contributed by atoms with van der Waals surface area (Å²) in [5, 5.41) is 0. The van der Waals surface area contributed by atoms with Gasteiger partial charge in [0.25, 0.3) is 0 Å². The molecule has 0 N–H and O–H groups in total. The molecule has 0 saturated heterocycles. The Morgan fingerprint density at radius 3 is 2.50 bits per heavy atom. The molecule has 0 aliphatic rings. The van der Waals surface area contributed by atoms with Crippen molar-refractivity contribution in [3.05, 3.63) is 35.4 Å². The Morgan fingerprint density at radius 2 is 2.07 bits per heavy atom. The van der Waals surface area contributed by atoms with Crippen LogP contribution in [0.3, 0.4) is 0 Å². The van der Waals surface area contributed by atoms with E-state index in [4.69, 9.17) is 4.74 Å². The van der Waals surface area contributed by atoms with Crippen molar-refractivity contribution in [2.75, 3.05) is 6.61 Å². The zero-order valence-corrected chi connectivity index (χ0v) is 7.77. The fourth-order valence-corrected chi connectivity index (χ4v) is 1.06.